The molecule has 5 heteroatoms. The van der Waals surface area contributed by atoms with Crippen LogP contribution in [0.2, 0.25) is 0 Å². The van der Waals surface area contributed by atoms with Gasteiger partial charge in [0.15, 0.2) is 0 Å². The lowest BCUT2D eigenvalue weighted by atomic mass is 10.3. The molecule has 0 radical (unpaired) electrons. The van der Waals surface area contributed by atoms with Crippen LogP contribution in [0.25, 0.3) is 0 Å². The molecular formula is C13H24N4O. The van der Waals surface area contributed by atoms with Gasteiger partial charge < -0.3 is 20.1 Å². The minimum atomic E-state index is 0.00546. The molecule has 0 fully saturated rings. The molecule has 0 atom stereocenters. The van der Waals surface area contributed by atoms with E-state index in [0.717, 1.165) is 26.1 Å². The maximum absolute atomic E-state index is 11.6. The molecule has 0 unspecified atom stereocenters. The topological polar surface area (TPSA) is 54.5 Å². The Labute approximate surface area is 109 Å². The van der Waals surface area contributed by atoms with Crippen molar-refractivity contribution >= 4 is 5.69 Å². The van der Waals surface area contributed by atoms with E-state index in [-0.39, 0.29) is 5.56 Å². The Morgan fingerprint density at radius 3 is 2.56 bits per heavy atom. The summed E-state index contributed by atoms with van der Waals surface area (Å²) in [5, 5.41) is 0. The Kier molecular flexibility index (Phi) is 5.88. The molecule has 102 valence electrons. The Balaban J connectivity index is 2.35. The number of pyridine rings is 1. The van der Waals surface area contributed by atoms with Crippen molar-refractivity contribution in [2.45, 2.75) is 13.0 Å². The lowest BCUT2D eigenvalue weighted by Gasteiger charge is -2.18. The number of nitrogens with zero attached hydrogens (tertiary/aromatic N) is 3. The zero-order chi connectivity index (χ0) is 13.5. The molecule has 1 aromatic heterocycles. The highest BCUT2D eigenvalue weighted by Crippen LogP contribution is 1.96. The van der Waals surface area contributed by atoms with Crippen molar-refractivity contribution in [1.82, 2.24) is 14.4 Å². The van der Waals surface area contributed by atoms with E-state index >= 15 is 0 Å². The van der Waals surface area contributed by atoms with Gasteiger partial charge in [0.05, 0.1) is 0 Å². The molecule has 1 heterocycles. The van der Waals surface area contributed by atoms with Gasteiger partial charge in [-0.2, -0.15) is 0 Å². The van der Waals surface area contributed by atoms with Crippen molar-refractivity contribution < 1.29 is 0 Å². The maximum atomic E-state index is 11.6. The van der Waals surface area contributed by atoms with Crippen molar-refractivity contribution in [3.8, 4) is 0 Å². The SMILES string of the molecule is CN(C)CCCN(C)CCn1cc(N)ccc1=O. The monoisotopic (exact) mass is 252 g/mol. The molecular weight excluding hydrogens is 228 g/mol. The highest BCUT2D eigenvalue weighted by atomic mass is 16.1. The standard InChI is InChI=1S/C13H24N4O/c1-15(2)7-4-8-16(3)9-10-17-11-12(14)5-6-13(17)18/h5-6,11H,4,7-10,14H2,1-3H3. The van der Waals surface area contributed by atoms with Gasteiger partial charge in [-0.1, -0.05) is 0 Å². The lowest BCUT2D eigenvalue weighted by Crippen LogP contribution is -2.30. The van der Waals surface area contributed by atoms with Gasteiger partial charge in [-0.05, 0) is 46.7 Å². The normalized spacial score (nSPS) is 11.4. The quantitative estimate of drug-likeness (QED) is 0.759. The fourth-order valence-corrected chi connectivity index (χ4v) is 1.77. The van der Waals surface area contributed by atoms with E-state index in [9.17, 15) is 4.79 Å². The summed E-state index contributed by atoms with van der Waals surface area (Å²) in [4.78, 5) is 16.0. The first-order chi connectivity index (χ1) is 8.49. The van der Waals surface area contributed by atoms with Gasteiger partial charge in [0.2, 0.25) is 0 Å². The maximum Gasteiger partial charge on any atom is 0.250 e. The van der Waals surface area contributed by atoms with Gasteiger partial charge in [-0.3, -0.25) is 4.79 Å². The van der Waals surface area contributed by atoms with Crippen LogP contribution in [0.1, 0.15) is 6.42 Å². The number of likely N-dealkylation sites (N-methyl/N-ethyl adjacent to an activating group) is 1. The number of nitrogens with two attached hydrogens (primary N) is 1. The fourth-order valence-electron chi connectivity index (χ4n) is 1.77. The predicted octanol–water partition coefficient (Wildman–Crippen LogP) is 0.314. The van der Waals surface area contributed by atoms with Crippen LogP contribution < -0.4 is 11.3 Å². The fraction of sp³-hybridized carbons (Fsp3) is 0.615. The molecule has 2 N–H and O–H groups in total. The van der Waals surface area contributed by atoms with Gasteiger partial charge in [0.25, 0.3) is 5.56 Å². The van der Waals surface area contributed by atoms with Crippen LogP contribution in [0.4, 0.5) is 5.69 Å². The number of aromatic nitrogens is 1. The van der Waals surface area contributed by atoms with E-state index < -0.39 is 0 Å². The molecule has 18 heavy (non-hydrogen) atoms. The summed E-state index contributed by atoms with van der Waals surface area (Å²) >= 11 is 0. The smallest absolute Gasteiger partial charge is 0.250 e. The third kappa shape index (κ3) is 5.33. The molecule has 0 saturated carbocycles. The Bertz CT molecular complexity index is 414. The second-order valence-corrected chi connectivity index (χ2v) is 4.95. The molecule has 0 spiro atoms. The highest BCUT2D eigenvalue weighted by molar-refractivity contribution is 5.33. The molecule has 0 aromatic carbocycles. The molecule has 0 aliphatic heterocycles. The second kappa shape index (κ2) is 7.18. The molecule has 5 nitrogen and oxygen atoms in total. The number of nitrogen functional groups attached to an aromatic ring is 1. The van der Waals surface area contributed by atoms with Crippen LogP contribution in [0.3, 0.4) is 0 Å². The zero-order valence-electron chi connectivity index (χ0n) is 11.6. The van der Waals surface area contributed by atoms with Gasteiger partial charge in [0.1, 0.15) is 0 Å². The molecule has 1 aromatic rings. The van der Waals surface area contributed by atoms with Gasteiger partial charge in [-0.25, -0.2) is 0 Å². The molecule has 0 amide bonds. The first-order valence-corrected chi connectivity index (χ1v) is 6.28. The average molecular weight is 252 g/mol. The second-order valence-electron chi connectivity index (χ2n) is 4.95. The lowest BCUT2D eigenvalue weighted by molar-refractivity contribution is 0.289. The molecule has 0 bridgehead atoms. The van der Waals surface area contributed by atoms with Crippen LogP contribution in [0, 0.1) is 0 Å². The van der Waals surface area contributed by atoms with Gasteiger partial charge in [0, 0.05) is 31.0 Å². The number of hydrogen-bond donors (Lipinski definition) is 1. The van der Waals surface area contributed by atoms with Crippen LogP contribution in [0.5, 0.6) is 0 Å². The summed E-state index contributed by atoms with van der Waals surface area (Å²) in [5.41, 5.74) is 6.30. The number of hydrogen-bond acceptors (Lipinski definition) is 4. The van der Waals surface area contributed by atoms with E-state index in [1.807, 2.05) is 0 Å². The van der Waals surface area contributed by atoms with Gasteiger partial charge >= 0.3 is 0 Å². The van der Waals surface area contributed by atoms with Gasteiger partial charge in [-0.15, -0.1) is 0 Å². The van der Waals surface area contributed by atoms with Crippen molar-refractivity contribution in [2.75, 3.05) is 46.5 Å². The predicted molar refractivity (Wildman–Crippen MR) is 75.8 cm³/mol. The van der Waals surface area contributed by atoms with E-state index in [0.29, 0.717) is 12.2 Å². The minimum absolute atomic E-state index is 0.00546. The number of rotatable bonds is 7. The summed E-state index contributed by atoms with van der Waals surface area (Å²) in [6.07, 6.45) is 2.84. The van der Waals surface area contributed by atoms with Crippen molar-refractivity contribution in [2.24, 2.45) is 0 Å². The van der Waals surface area contributed by atoms with Crippen LogP contribution >= 0.6 is 0 Å². The summed E-state index contributed by atoms with van der Waals surface area (Å²) in [6, 6.07) is 3.15. The molecule has 0 saturated heterocycles. The molecule has 0 aliphatic rings. The number of anilines is 1. The van der Waals surface area contributed by atoms with Crippen LogP contribution in [0.15, 0.2) is 23.1 Å². The Hall–Kier alpha value is -1.33. The summed E-state index contributed by atoms with van der Waals surface area (Å²) in [5.74, 6) is 0. The van der Waals surface area contributed by atoms with E-state index in [4.69, 9.17) is 5.73 Å². The average Bonchev–Trinajstić information content (AvgIpc) is 2.30. The van der Waals surface area contributed by atoms with E-state index in [1.54, 1.807) is 16.8 Å². The third-order valence-corrected chi connectivity index (χ3v) is 2.87. The Morgan fingerprint density at radius 1 is 1.17 bits per heavy atom. The Morgan fingerprint density at radius 2 is 1.89 bits per heavy atom. The summed E-state index contributed by atoms with van der Waals surface area (Å²) < 4.78 is 1.66. The molecule has 1 rings (SSSR count). The largest absolute Gasteiger partial charge is 0.398 e. The zero-order valence-corrected chi connectivity index (χ0v) is 11.6. The van der Waals surface area contributed by atoms with Crippen molar-refractivity contribution in [1.29, 1.82) is 0 Å². The van der Waals surface area contributed by atoms with Crippen LogP contribution in [-0.2, 0) is 6.54 Å². The van der Waals surface area contributed by atoms with Crippen LogP contribution in [-0.4, -0.2) is 55.1 Å². The first-order valence-electron chi connectivity index (χ1n) is 6.28. The first kappa shape index (κ1) is 14.7. The summed E-state index contributed by atoms with van der Waals surface area (Å²) in [6.45, 7) is 3.66. The minimum Gasteiger partial charge on any atom is -0.398 e. The van der Waals surface area contributed by atoms with E-state index in [2.05, 4.69) is 30.9 Å². The highest BCUT2D eigenvalue weighted by Gasteiger charge is 2.01. The molecule has 0 aliphatic carbocycles. The van der Waals surface area contributed by atoms with Crippen molar-refractivity contribution in [3.63, 3.8) is 0 Å². The van der Waals surface area contributed by atoms with E-state index in [1.165, 1.54) is 6.07 Å². The summed E-state index contributed by atoms with van der Waals surface area (Å²) in [7, 11) is 6.23. The third-order valence-electron chi connectivity index (χ3n) is 2.87. The van der Waals surface area contributed by atoms with Crippen molar-refractivity contribution in [3.05, 3.63) is 28.7 Å².